The molecule has 1 aliphatic heterocycles. The van der Waals surface area contributed by atoms with Gasteiger partial charge in [0.15, 0.2) is 5.82 Å². The van der Waals surface area contributed by atoms with Crippen LogP contribution in [0.1, 0.15) is 81.3 Å². The molecule has 1 saturated heterocycles. The van der Waals surface area contributed by atoms with Crippen LogP contribution in [0, 0.1) is 0 Å². The molecule has 8 heteroatoms. The van der Waals surface area contributed by atoms with Gasteiger partial charge in [-0.1, -0.05) is 32.1 Å². The average Bonchev–Trinajstić information content (AvgIpc) is 3.15. The maximum atomic E-state index is 13.4. The molecule has 1 aromatic carbocycles. The Morgan fingerprint density at radius 2 is 1.78 bits per heavy atom. The molecule has 2 aromatic heterocycles. The summed E-state index contributed by atoms with van der Waals surface area (Å²) in [6.45, 7) is 1.89. The molecule has 8 nitrogen and oxygen atoms in total. The van der Waals surface area contributed by atoms with Crippen molar-refractivity contribution in [3.63, 3.8) is 0 Å². The van der Waals surface area contributed by atoms with Crippen molar-refractivity contribution in [1.29, 1.82) is 0 Å². The Bertz CT molecular complexity index is 1110. The second kappa shape index (κ2) is 9.40. The van der Waals surface area contributed by atoms with Crippen molar-refractivity contribution < 1.29 is 4.74 Å². The van der Waals surface area contributed by atoms with Crippen LogP contribution >= 0.6 is 0 Å². The lowest BCUT2D eigenvalue weighted by Gasteiger charge is -2.31. The van der Waals surface area contributed by atoms with Gasteiger partial charge in [-0.2, -0.15) is 0 Å². The fourth-order valence-electron chi connectivity index (χ4n) is 5.35. The first kappa shape index (κ1) is 21.1. The van der Waals surface area contributed by atoms with E-state index in [4.69, 9.17) is 4.74 Å². The number of aromatic amines is 1. The van der Waals surface area contributed by atoms with Crippen LogP contribution in [0.2, 0.25) is 0 Å². The third kappa shape index (κ3) is 4.16. The smallest absolute Gasteiger partial charge is 0.253 e. The SMILES string of the molecule is COc1ccc2cc([C@H](c3nnnn3C3CCCCC3)N3CCCCCC3)c(=O)[nH]c2c1. The monoisotopic (exact) mass is 436 g/mol. The van der Waals surface area contributed by atoms with Gasteiger partial charge in [0.05, 0.1) is 18.7 Å². The number of likely N-dealkylation sites (tertiary alicyclic amines) is 1. The van der Waals surface area contributed by atoms with E-state index >= 15 is 0 Å². The summed E-state index contributed by atoms with van der Waals surface area (Å²) in [6.07, 6.45) is 10.6. The Labute approximate surface area is 188 Å². The highest BCUT2D eigenvalue weighted by atomic mass is 16.5. The number of hydrogen-bond acceptors (Lipinski definition) is 6. The molecule has 32 heavy (non-hydrogen) atoms. The predicted molar refractivity (Wildman–Crippen MR) is 123 cm³/mol. The quantitative estimate of drug-likeness (QED) is 0.650. The molecule has 1 aliphatic carbocycles. The molecule has 1 atom stereocenters. The van der Waals surface area contributed by atoms with Crippen molar-refractivity contribution >= 4 is 10.9 Å². The zero-order chi connectivity index (χ0) is 21.9. The summed E-state index contributed by atoms with van der Waals surface area (Å²) in [7, 11) is 1.63. The van der Waals surface area contributed by atoms with Gasteiger partial charge >= 0.3 is 0 Å². The maximum absolute atomic E-state index is 13.4. The largest absolute Gasteiger partial charge is 0.497 e. The molecule has 0 radical (unpaired) electrons. The van der Waals surface area contributed by atoms with Crippen LogP contribution in [0.15, 0.2) is 29.1 Å². The molecule has 5 rings (SSSR count). The van der Waals surface area contributed by atoms with Crippen molar-refractivity contribution in [3.05, 3.63) is 46.0 Å². The molecule has 3 heterocycles. The molecular weight excluding hydrogens is 404 g/mol. The van der Waals surface area contributed by atoms with E-state index in [0.29, 0.717) is 6.04 Å². The predicted octanol–water partition coefficient (Wildman–Crippen LogP) is 3.99. The second-order valence-corrected chi connectivity index (χ2v) is 9.13. The summed E-state index contributed by atoms with van der Waals surface area (Å²) in [5.74, 6) is 1.53. The van der Waals surface area contributed by atoms with Crippen molar-refractivity contribution in [2.45, 2.75) is 69.9 Å². The highest BCUT2D eigenvalue weighted by Gasteiger charge is 2.33. The summed E-state index contributed by atoms with van der Waals surface area (Å²) in [5.41, 5.74) is 1.41. The number of tetrazole rings is 1. The zero-order valence-electron chi connectivity index (χ0n) is 18.8. The molecule has 1 saturated carbocycles. The second-order valence-electron chi connectivity index (χ2n) is 9.13. The number of fused-ring (bicyclic) bond motifs is 1. The van der Waals surface area contributed by atoms with E-state index in [1.165, 1.54) is 32.1 Å². The highest BCUT2D eigenvalue weighted by molar-refractivity contribution is 5.80. The fourth-order valence-corrected chi connectivity index (χ4v) is 5.35. The number of rotatable bonds is 5. The number of ether oxygens (including phenoxy) is 1. The number of nitrogens with one attached hydrogen (secondary N) is 1. The van der Waals surface area contributed by atoms with Crippen molar-refractivity contribution in [1.82, 2.24) is 30.1 Å². The molecule has 1 N–H and O–H groups in total. The molecule has 0 bridgehead atoms. The molecule has 0 amide bonds. The van der Waals surface area contributed by atoms with Gasteiger partial charge in [-0.15, -0.1) is 5.10 Å². The minimum Gasteiger partial charge on any atom is -0.497 e. The Balaban J connectivity index is 1.62. The first-order chi connectivity index (χ1) is 15.7. The number of aromatic nitrogens is 5. The maximum Gasteiger partial charge on any atom is 0.253 e. The van der Waals surface area contributed by atoms with Crippen molar-refractivity contribution in [3.8, 4) is 5.75 Å². The topological polar surface area (TPSA) is 88.9 Å². The van der Waals surface area contributed by atoms with Gasteiger partial charge in [0.1, 0.15) is 11.8 Å². The van der Waals surface area contributed by atoms with Gasteiger partial charge < -0.3 is 9.72 Å². The summed E-state index contributed by atoms with van der Waals surface area (Å²) < 4.78 is 7.35. The molecule has 2 aliphatic rings. The van der Waals surface area contributed by atoms with E-state index in [9.17, 15) is 4.79 Å². The number of hydrogen-bond donors (Lipinski definition) is 1. The number of H-pyrrole nitrogens is 1. The van der Waals surface area contributed by atoms with Crippen LogP contribution in [0.4, 0.5) is 0 Å². The summed E-state index contributed by atoms with van der Waals surface area (Å²) in [5, 5.41) is 14.0. The summed E-state index contributed by atoms with van der Waals surface area (Å²) in [4.78, 5) is 18.9. The van der Waals surface area contributed by atoms with Crippen LogP contribution in [0.25, 0.3) is 10.9 Å². The van der Waals surface area contributed by atoms with Gasteiger partial charge in [-0.25, -0.2) is 4.68 Å². The number of methoxy groups -OCH3 is 1. The molecule has 0 spiro atoms. The Kier molecular flexibility index (Phi) is 6.21. The lowest BCUT2D eigenvalue weighted by atomic mass is 9.95. The third-order valence-electron chi connectivity index (χ3n) is 7.07. The van der Waals surface area contributed by atoms with Gasteiger partial charge in [-0.3, -0.25) is 9.69 Å². The van der Waals surface area contributed by atoms with Gasteiger partial charge in [0, 0.05) is 11.6 Å². The first-order valence-corrected chi connectivity index (χ1v) is 12.0. The average molecular weight is 437 g/mol. The van der Waals surface area contributed by atoms with Gasteiger partial charge in [0.2, 0.25) is 0 Å². The van der Waals surface area contributed by atoms with Gasteiger partial charge in [-0.05, 0) is 72.8 Å². The lowest BCUT2D eigenvalue weighted by Crippen LogP contribution is -2.36. The van der Waals surface area contributed by atoms with E-state index < -0.39 is 0 Å². The Morgan fingerprint density at radius 1 is 1.03 bits per heavy atom. The van der Waals surface area contributed by atoms with E-state index in [0.717, 1.165) is 66.8 Å². The molecule has 2 fully saturated rings. The van der Waals surface area contributed by atoms with Gasteiger partial charge in [0.25, 0.3) is 5.56 Å². The van der Waals surface area contributed by atoms with Crippen LogP contribution < -0.4 is 10.3 Å². The number of benzene rings is 1. The van der Waals surface area contributed by atoms with E-state index in [1.807, 2.05) is 28.9 Å². The summed E-state index contributed by atoms with van der Waals surface area (Å²) >= 11 is 0. The Hall–Kier alpha value is -2.74. The molecule has 170 valence electrons. The number of nitrogens with zero attached hydrogens (tertiary/aromatic N) is 5. The molecule has 3 aromatic rings. The zero-order valence-corrected chi connectivity index (χ0v) is 18.8. The lowest BCUT2D eigenvalue weighted by molar-refractivity contribution is 0.210. The minimum absolute atomic E-state index is 0.0850. The highest BCUT2D eigenvalue weighted by Crippen LogP contribution is 2.34. The fraction of sp³-hybridized carbons (Fsp3) is 0.583. The van der Waals surface area contributed by atoms with Crippen LogP contribution in [-0.2, 0) is 0 Å². The van der Waals surface area contributed by atoms with Crippen molar-refractivity contribution in [2.75, 3.05) is 20.2 Å². The minimum atomic E-state index is -0.250. The standard InChI is InChI=1S/C24H32N6O2/c1-32-19-12-11-17-15-20(24(31)25-21(17)16-19)22(29-13-7-2-3-8-14-29)23-26-27-28-30(23)18-9-5-4-6-10-18/h11-12,15-16,18,22H,2-10,13-14H2,1H3,(H,25,31)/t22-/m1/s1. The first-order valence-electron chi connectivity index (χ1n) is 12.0. The van der Waals surface area contributed by atoms with Crippen molar-refractivity contribution in [2.24, 2.45) is 0 Å². The number of pyridine rings is 1. The van der Waals surface area contributed by atoms with Crippen LogP contribution in [0.5, 0.6) is 5.75 Å². The van der Waals surface area contributed by atoms with E-state index in [-0.39, 0.29) is 11.6 Å². The van der Waals surface area contributed by atoms with Crippen LogP contribution in [-0.4, -0.2) is 50.3 Å². The van der Waals surface area contributed by atoms with Crippen LogP contribution in [0.3, 0.4) is 0 Å². The molecular formula is C24H32N6O2. The van der Waals surface area contributed by atoms with E-state index in [2.05, 4.69) is 25.4 Å². The normalized spacial score (nSPS) is 19.7. The van der Waals surface area contributed by atoms with E-state index in [1.54, 1.807) is 7.11 Å². The third-order valence-corrected chi connectivity index (χ3v) is 7.07. The summed E-state index contributed by atoms with van der Waals surface area (Å²) in [6, 6.07) is 7.87. The Morgan fingerprint density at radius 3 is 2.53 bits per heavy atom. The molecule has 0 unspecified atom stereocenters.